The molecule has 3 aromatic rings. The maximum absolute atomic E-state index is 12.3. The molecule has 3 aromatic carbocycles. The highest BCUT2D eigenvalue weighted by molar-refractivity contribution is 6.30. The number of halogens is 1. The van der Waals surface area contributed by atoms with Crippen molar-refractivity contribution in [2.24, 2.45) is 4.99 Å². The Morgan fingerprint density at radius 1 is 1.05 bits per heavy atom. The van der Waals surface area contributed by atoms with Crippen LogP contribution >= 0.6 is 11.6 Å². The molecule has 2 aliphatic rings. The number of hydrogen-bond donors (Lipinski definition) is 1. The van der Waals surface area contributed by atoms with Crippen LogP contribution in [0.2, 0.25) is 5.02 Å². The number of methoxy groups -OCH3 is 1. The molecule has 1 saturated heterocycles. The minimum atomic E-state index is -0.172. The number of hydrogen-bond acceptors (Lipinski definition) is 6. The van der Waals surface area contributed by atoms with Crippen LogP contribution in [-0.2, 0) is 4.79 Å². The first-order chi connectivity index (χ1) is 18.8. The van der Waals surface area contributed by atoms with Gasteiger partial charge in [0.1, 0.15) is 23.4 Å². The second-order valence-corrected chi connectivity index (χ2v) is 10.8. The molecule has 1 fully saturated rings. The first-order valence-corrected chi connectivity index (χ1v) is 13.7. The minimum Gasteiger partial charge on any atom is -0.497 e. The van der Waals surface area contributed by atoms with Crippen LogP contribution in [-0.4, -0.2) is 61.1 Å². The molecule has 2 atom stereocenters. The summed E-state index contributed by atoms with van der Waals surface area (Å²) in [6, 6.07) is 22.1. The standard InChI is InChI=1S/C31H35ClN4O3/c1-20(2)39-27-17-25(38-4)13-14-26(27)31-34-29(22-7-5-21(3)6-8-22)30(23-9-11-24(32)12-10-23)36(31)19-35-16-15-33-28(37)18-35/h5-14,17,20,29-30H,15-16,18-19H2,1-4H3,(H,33,37)/t29-,30+/m1/s1. The Balaban J connectivity index is 1.66. The highest BCUT2D eigenvalue weighted by Gasteiger charge is 2.40. The van der Waals surface area contributed by atoms with Crippen LogP contribution in [0, 0.1) is 6.92 Å². The third-order valence-corrected chi connectivity index (χ3v) is 7.31. The molecule has 0 saturated carbocycles. The van der Waals surface area contributed by atoms with Crippen LogP contribution < -0.4 is 14.8 Å². The quantitative estimate of drug-likeness (QED) is 0.411. The molecule has 1 amide bonds. The van der Waals surface area contributed by atoms with Crippen molar-refractivity contribution in [3.05, 3.63) is 94.0 Å². The van der Waals surface area contributed by atoms with Gasteiger partial charge in [0.15, 0.2) is 0 Å². The van der Waals surface area contributed by atoms with Gasteiger partial charge in [-0.05, 0) is 56.2 Å². The summed E-state index contributed by atoms with van der Waals surface area (Å²) in [5.41, 5.74) is 4.31. The third kappa shape index (κ3) is 6.05. The van der Waals surface area contributed by atoms with Gasteiger partial charge in [0.05, 0.1) is 38.0 Å². The fraction of sp³-hybridized carbons (Fsp3) is 0.355. The summed E-state index contributed by atoms with van der Waals surface area (Å²) in [5, 5.41) is 3.62. The molecule has 8 heteroatoms. The van der Waals surface area contributed by atoms with Crippen molar-refractivity contribution in [2.45, 2.75) is 39.0 Å². The first-order valence-electron chi connectivity index (χ1n) is 13.3. The molecule has 0 radical (unpaired) electrons. The van der Waals surface area contributed by atoms with Gasteiger partial charge in [-0.1, -0.05) is 53.6 Å². The number of piperazine rings is 1. The van der Waals surface area contributed by atoms with Gasteiger partial charge >= 0.3 is 0 Å². The molecule has 5 rings (SSSR count). The third-order valence-electron chi connectivity index (χ3n) is 7.06. The topological polar surface area (TPSA) is 66.4 Å². The van der Waals surface area contributed by atoms with Crippen molar-refractivity contribution in [1.82, 2.24) is 15.1 Å². The van der Waals surface area contributed by atoms with E-state index in [4.69, 9.17) is 26.1 Å². The summed E-state index contributed by atoms with van der Waals surface area (Å²) < 4.78 is 11.8. The summed E-state index contributed by atoms with van der Waals surface area (Å²) in [6.07, 6.45) is -0.0305. The van der Waals surface area contributed by atoms with E-state index >= 15 is 0 Å². The molecule has 2 aliphatic heterocycles. The number of aliphatic imine (C=N–C) groups is 1. The van der Waals surface area contributed by atoms with Gasteiger partial charge in [-0.25, -0.2) is 0 Å². The summed E-state index contributed by atoms with van der Waals surface area (Å²) >= 11 is 6.30. The highest BCUT2D eigenvalue weighted by Crippen LogP contribution is 2.45. The first kappa shape index (κ1) is 27.0. The Hall–Kier alpha value is -3.55. The van der Waals surface area contributed by atoms with E-state index in [-0.39, 0.29) is 24.1 Å². The fourth-order valence-corrected chi connectivity index (χ4v) is 5.32. The summed E-state index contributed by atoms with van der Waals surface area (Å²) in [4.78, 5) is 22.2. The van der Waals surface area contributed by atoms with E-state index in [0.29, 0.717) is 30.5 Å². The Morgan fingerprint density at radius 3 is 2.44 bits per heavy atom. The van der Waals surface area contributed by atoms with Crippen molar-refractivity contribution in [3.63, 3.8) is 0 Å². The van der Waals surface area contributed by atoms with E-state index in [0.717, 1.165) is 34.8 Å². The van der Waals surface area contributed by atoms with Crippen molar-refractivity contribution in [2.75, 3.05) is 33.4 Å². The van der Waals surface area contributed by atoms with E-state index in [2.05, 4.69) is 58.4 Å². The zero-order valence-electron chi connectivity index (χ0n) is 22.9. The number of nitrogens with one attached hydrogen (secondary N) is 1. The van der Waals surface area contributed by atoms with Crippen LogP contribution in [0.1, 0.15) is 48.2 Å². The fourth-order valence-electron chi connectivity index (χ4n) is 5.19. The molecule has 0 bridgehead atoms. The van der Waals surface area contributed by atoms with E-state index in [1.807, 2.05) is 44.2 Å². The maximum atomic E-state index is 12.3. The Morgan fingerprint density at radius 2 is 1.77 bits per heavy atom. The van der Waals surface area contributed by atoms with Gasteiger partial charge in [0.2, 0.25) is 5.91 Å². The lowest BCUT2D eigenvalue weighted by molar-refractivity contribution is -0.124. The van der Waals surface area contributed by atoms with Crippen LogP contribution in [0.3, 0.4) is 0 Å². The average molecular weight is 547 g/mol. The van der Waals surface area contributed by atoms with Gasteiger partial charge < -0.3 is 19.7 Å². The largest absolute Gasteiger partial charge is 0.497 e. The van der Waals surface area contributed by atoms with Gasteiger partial charge in [-0.15, -0.1) is 0 Å². The number of benzene rings is 3. The molecule has 0 spiro atoms. The van der Waals surface area contributed by atoms with Crippen LogP contribution in [0.4, 0.5) is 0 Å². The average Bonchev–Trinajstić information content (AvgIpc) is 3.27. The molecular formula is C31H35ClN4O3. The highest BCUT2D eigenvalue weighted by atomic mass is 35.5. The lowest BCUT2D eigenvalue weighted by Crippen LogP contribution is -2.52. The molecule has 1 N–H and O–H groups in total. The van der Waals surface area contributed by atoms with E-state index in [1.165, 1.54) is 5.56 Å². The second-order valence-electron chi connectivity index (χ2n) is 10.3. The number of carbonyl (C=O) groups is 1. The number of amides is 1. The second kappa shape index (κ2) is 11.7. The minimum absolute atomic E-state index is 0.0305. The van der Waals surface area contributed by atoms with Gasteiger partial charge in [0, 0.05) is 24.2 Å². The monoisotopic (exact) mass is 546 g/mol. The van der Waals surface area contributed by atoms with Crippen LogP contribution in [0.15, 0.2) is 71.7 Å². The number of nitrogens with zero attached hydrogens (tertiary/aromatic N) is 3. The van der Waals surface area contributed by atoms with Crippen molar-refractivity contribution in [3.8, 4) is 11.5 Å². The number of rotatable bonds is 8. The molecule has 0 unspecified atom stereocenters. The van der Waals surface area contributed by atoms with E-state index < -0.39 is 0 Å². The smallest absolute Gasteiger partial charge is 0.234 e. The summed E-state index contributed by atoms with van der Waals surface area (Å²) in [7, 11) is 1.65. The van der Waals surface area contributed by atoms with Gasteiger partial charge in [0.25, 0.3) is 0 Å². The molecule has 39 heavy (non-hydrogen) atoms. The molecule has 204 valence electrons. The predicted octanol–water partition coefficient (Wildman–Crippen LogP) is 5.38. The van der Waals surface area contributed by atoms with Crippen molar-refractivity contribution < 1.29 is 14.3 Å². The zero-order valence-corrected chi connectivity index (χ0v) is 23.6. The molecule has 2 heterocycles. The van der Waals surface area contributed by atoms with Crippen molar-refractivity contribution >= 4 is 23.3 Å². The number of amidine groups is 1. The normalized spacial score (nSPS) is 19.7. The summed E-state index contributed by atoms with van der Waals surface area (Å²) in [6.45, 7) is 8.36. The lowest BCUT2D eigenvalue weighted by Gasteiger charge is -2.37. The van der Waals surface area contributed by atoms with Crippen LogP contribution in [0.5, 0.6) is 11.5 Å². The molecule has 7 nitrogen and oxygen atoms in total. The lowest BCUT2D eigenvalue weighted by atomic mass is 9.93. The SMILES string of the molecule is COc1ccc(C2=N[C@H](c3ccc(C)cc3)[C@H](c3ccc(Cl)cc3)N2CN2CCNC(=O)C2)c(OC(C)C)c1. The Labute approximate surface area is 235 Å². The Bertz CT molecular complexity index is 1340. The number of ether oxygens (including phenoxy) is 2. The van der Waals surface area contributed by atoms with E-state index in [1.54, 1.807) is 7.11 Å². The maximum Gasteiger partial charge on any atom is 0.234 e. The van der Waals surface area contributed by atoms with Crippen LogP contribution in [0.25, 0.3) is 0 Å². The summed E-state index contributed by atoms with van der Waals surface area (Å²) in [5.74, 6) is 2.29. The molecule has 0 aliphatic carbocycles. The predicted molar refractivity (Wildman–Crippen MR) is 155 cm³/mol. The Kier molecular flexibility index (Phi) is 8.10. The number of aryl methyl sites for hydroxylation is 1. The molecule has 0 aromatic heterocycles. The van der Waals surface area contributed by atoms with Gasteiger partial charge in [-0.3, -0.25) is 14.7 Å². The number of carbonyl (C=O) groups excluding carboxylic acids is 1. The molecular weight excluding hydrogens is 512 g/mol. The van der Waals surface area contributed by atoms with Gasteiger partial charge in [-0.2, -0.15) is 0 Å². The van der Waals surface area contributed by atoms with Crippen molar-refractivity contribution in [1.29, 1.82) is 0 Å². The zero-order chi connectivity index (χ0) is 27.5. The van der Waals surface area contributed by atoms with E-state index in [9.17, 15) is 4.79 Å².